The molecule has 2 heterocycles. The van der Waals surface area contributed by atoms with Gasteiger partial charge in [0.15, 0.2) is 0 Å². The van der Waals surface area contributed by atoms with Crippen LogP contribution in [-0.2, 0) is 0 Å². The van der Waals surface area contributed by atoms with Crippen molar-refractivity contribution in [1.29, 1.82) is 0 Å². The van der Waals surface area contributed by atoms with Gasteiger partial charge in [0.05, 0.1) is 11.7 Å². The van der Waals surface area contributed by atoms with Crippen LogP contribution in [0.2, 0.25) is 0 Å². The quantitative estimate of drug-likeness (QED) is 0.573. The van der Waals surface area contributed by atoms with E-state index in [9.17, 15) is 17.6 Å². The third-order valence-corrected chi connectivity index (χ3v) is 3.40. The van der Waals surface area contributed by atoms with Crippen molar-refractivity contribution in [3.05, 3.63) is 89.5 Å². The van der Waals surface area contributed by atoms with E-state index in [4.69, 9.17) is 0 Å². The van der Waals surface area contributed by atoms with Crippen molar-refractivity contribution in [1.82, 2.24) is 9.97 Å². The molecule has 0 saturated carbocycles. The van der Waals surface area contributed by atoms with E-state index in [1.54, 1.807) is 48.5 Å². The van der Waals surface area contributed by atoms with Gasteiger partial charge < -0.3 is 5.32 Å². The molecule has 3 rings (SSSR count). The molecular weight excluding hydrogens is 322 g/mol. The maximum Gasteiger partial charge on any atom is 0.253 e. The summed E-state index contributed by atoms with van der Waals surface area (Å²) >= 11 is 0. The first-order chi connectivity index (χ1) is 11.6. The number of hydrogen-bond donors (Lipinski definition) is 1. The van der Waals surface area contributed by atoms with Gasteiger partial charge in [-0.2, -0.15) is 22.5 Å². The van der Waals surface area contributed by atoms with Gasteiger partial charge >= 0.3 is 0 Å². The summed E-state index contributed by atoms with van der Waals surface area (Å²) in [7, 11) is 0. The number of aromatic nitrogens is 2. The maximum absolute atomic E-state index is 13.9. The topological polar surface area (TPSA) is 37.8 Å². The zero-order chi connectivity index (χ0) is 17.1. The Balaban J connectivity index is 2.09. The van der Waals surface area contributed by atoms with Crippen LogP contribution in [0.5, 0.6) is 0 Å². The van der Waals surface area contributed by atoms with E-state index < -0.39 is 35.3 Å². The lowest BCUT2D eigenvalue weighted by atomic mass is 10.0. The Morgan fingerprint density at radius 2 is 1.42 bits per heavy atom. The van der Waals surface area contributed by atoms with Crippen LogP contribution in [-0.4, -0.2) is 9.97 Å². The fraction of sp³-hybridized carbons (Fsp3) is 0.0588. The first-order valence-electron chi connectivity index (χ1n) is 7.00. The molecule has 2 aromatic heterocycles. The highest BCUT2D eigenvalue weighted by Crippen LogP contribution is 2.29. The predicted octanol–water partition coefficient (Wildman–Crippen LogP) is 4.23. The smallest absolute Gasteiger partial charge is 0.253 e. The molecular formula is C17H11F4N3. The number of rotatable bonds is 4. The number of nitrogens with one attached hydrogen (secondary N) is 1. The van der Waals surface area contributed by atoms with Crippen LogP contribution >= 0.6 is 0 Å². The molecule has 24 heavy (non-hydrogen) atoms. The largest absolute Gasteiger partial charge is 0.368 e. The van der Waals surface area contributed by atoms with E-state index in [0.29, 0.717) is 11.3 Å². The predicted molar refractivity (Wildman–Crippen MR) is 80.2 cm³/mol. The number of hydrogen-bond acceptors (Lipinski definition) is 3. The molecule has 0 saturated heterocycles. The van der Waals surface area contributed by atoms with Crippen molar-refractivity contribution in [2.45, 2.75) is 6.04 Å². The summed E-state index contributed by atoms with van der Waals surface area (Å²) in [5, 5.41) is 2.50. The van der Waals surface area contributed by atoms with Crippen molar-refractivity contribution in [3.8, 4) is 0 Å². The Morgan fingerprint density at radius 1 is 0.792 bits per heavy atom. The lowest BCUT2D eigenvalue weighted by molar-refractivity contribution is 0.410. The van der Waals surface area contributed by atoms with Gasteiger partial charge in [0.2, 0.25) is 11.6 Å². The first kappa shape index (κ1) is 15.9. The standard InChI is InChI=1S/C17H11F4N3/c18-12-15(13(19)17(21)24-16(12)20)23-14(10-6-2-1-3-7-10)11-8-4-5-9-22-11/h1-9,14H,(H,23,24). The van der Waals surface area contributed by atoms with Gasteiger partial charge in [-0.05, 0) is 17.7 Å². The Hall–Kier alpha value is -2.96. The number of pyridine rings is 2. The molecule has 1 atom stereocenters. The molecule has 3 nitrogen and oxygen atoms in total. The minimum atomic E-state index is -1.72. The van der Waals surface area contributed by atoms with Gasteiger partial charge in [-0.25, -0.2) is 0 Å². The van der Waals surface area contributed by atoms with Crippen LogP contribution in [0.25, 0.3) is 0 Å². The molecule has 0 aliphatic carbocycles. The van der Waals surface area contributed by atoms with E-state index in [2.05, 4.69) is 15.3 Å². The lowest BCUT2D eigenvalue weighted by Gasteiger charge is -2.20. The molecule has 0 aliphatic rings. The number of benzene rings is 1. The number of anilines is 1. The molecule has 122 valence electrons. The summed E-state index contributed by atoms with van der Waals surface area (Å²) in [5.41, 5.74) is 0.118. The lowest BCUT2D eigenvalue weighted by Crippen LogP contribution is -2.17. The third-order valence-electron chi connectivity index (χ3n) is 3.40. The van der Waals surface area contributed by atoms with E-state index >= 15 is 0 Å². The van der Waals surface area contributed by atoms with E-state index in [1.807, 2.05) is 0 Å². The normalized spacial score (nSPS) is 12.0. The van der Waals surface area contributed by atoms with Crippen LogP contribution in [0.1, 0.15) is 17.3 Å². The van der Waals surface area contributed by atoms with Gasteiger partial charge in [0.1, 0.15) is 5.69 Å². The fourth-order valence-corrected chi connectivity index (χ4v) is 2.28. The van der Waals surface area contributed by atoms with Gasteiger partial charge in [-0.1, -0.05) is 36.4 Å². The zero-order valence-corrected chi connectivity index (χ0v) is 12.2. The molecule has 0 spiro atoms. The summed E-state index contributed by atoms with van der Waals surface area (Å²) in [6.07, 6.45) is 1.51. The Morgan fingerprint density at radius 3 is 2.00 bits per heavy atom. The second-order valence-corrected chi connectivity index (χ2v) is 4.94. The highest BCUT2D eigenvalue weighted by molar-refractivity contribution is 5.50. The van der Waals surface area contributed by atoms with Gasteiger partial charge in [0.25, 0.3) is 11.9 Å². The van der Waals surface area contributed by atoms with Gasteiger partial charge in [-0.15, -0.1) is 0 Å². The van der Waals surface area contributed by atoms with Crippen molar-refractivity contribution in [3.63, 3.8) is 0 Å². The third kappa shape index (κ3) is 3.05. The SMILES string of the molecule is Fc1nc(F)c(F)c(NC(c2ccccc2)c2ccccn2)c1F. The van der Waals surface area contributed by atoms with E-state index in [-0.39, 0.29) is 0 Å². The Kier molecular flexibility index (Phi) is 4.41. The highest BCUT2D eigenvalue weighted by Gasteiger charge is 2.25. The van der Waals surface area contributed by atoms with Crippen LogP contribution in [0.15, 0.2) is 54.7 Å². The molecule has 0 aliphatic heterocycles. The van der Waals surface area contributed by atoms with E-state index in [1.165, 1.54) is 6.20 Å². The number of halogens is 4. The molecule has 0 bridgehead atoms. The molecule has 1 unspecified atom stereocenters. The summed E-state index contributed by atoms with van der Waals surface area (Å²) in [6, 6.07) is 12.8. The second-order valence-electron chi connectivity index (χ2n) is 4.94. The highest BCUT2D eigenvalue weighted by atomic mass is 19.2. The first-order valence-corrected chi connectivity index (χ1v) is 7.00. The fourth-order valence-electron chi connectivity index (χ4n) is 2.28. The maximum atomic E-state index is 13.9. The summed E-state index contributed by atoms with van der Waals surface area (Å²) in [6.45, 7) is 0. The van der Waals surface area contributed by atoms with Crippen molar-refractivity contribution >= 4 is 5.69 Å². The van der Waals surface area contributed by atoms with Gasteiger partial charge in [0, 0.05) is 6.20 Å². The van der Waals surface area contributed by atoms with Crippen LogP contribution in [0.4, 0.5) is 23.2 Å². The van der Waals surface area contributed by atoms with Crippen molar-refractivity contribution in [2.75, 3.05) is 5.32 Å². The summed E-state index contributed by atoms with van der Waals surface area (Å²) < 4.78 is 54.5. The summed E-state index contributed by atoms with van der Waals surface area (Å²) in [4.78, 5) is 6.69. The Labute approximate surface area is 135 Å². The second kappa shape index (κ2) is 6.66. The monoisotopic (exact) mass is 333 g/mol. The molecule has 0 fully saturated rings. The van der Waals surface area contributed by atoms with Crippen LogP contribution in [0, 0.1) is 23.5 Å². The summed E-state index contributed by atoms with van der Waals surface area (Å²) in [5.74, 6) is -6.62. The van der Waals surface area contributed by atoms with Gasteiger partial charge in [-0.3, -0.25) is 4.98 Å². The molecule has 0 radical (unpaired) electrons. The van der Waals surface area contributed by atoms with Crippen LogP contribution < -0.4 is 5.32 Å². The van der Waals surface area contributed by atoms with Crippen LogP contribution in [0.3, 0.4) is 0 Å². The molecule has 1 N–H and O–H groups in total. The molecule has 3 aromatic rings. The minimum absolute atomic E-state index is 0.431. The zero-order valence-electron chi connectivity index (χ0n) is 12.2. The number of nitrogens with zero attached hydrogens (tertiary/aromatic N) is 2. The molecule has 1 aromatic carbocycles. The average Bonchev–Trinajstić information content (AvgIpc) is 2.62. The minimum Gasteiger partial charge on any atom is -0.368 e. The van der Waals surface area contributed by atoms with Crippen molar-refractivity contribution in [2.24, 2.45) is 0 Å². The van der Waals surface area contributed by atoms with E-state index in [0.717, 1.165) is 0 Å². The Bertz CT molecular complexity index is 776. The van der Waals surface area contributed by atoms with Crippen molar-refractivity contribution < 1.29 is 17.6 Å². The average molecular weight is 333 g/mol. The molecule has 0 amide bonds. The molecule has 7 heteroatoms.